The molecule has 0 fully saturated rings. The largest absolute Gasteiger partial charge is 0.478 e. The van der Waals surface area contributed by atoms with Crippen molar-refractivity contribution < 1.29 is 14.7 Å². The van der Waals surface area contributed by atoms with Crippen LogP contribution in [0.5, 0.6) is 0 Å². The van der Waals surface area contributed by atoms with Gasteiger partial charge in [0, 0.05) is 11.3 Å². The Labute approximate surface area is 132 Å². The van der Waals surface area contributed by atoms with Crippen molar-refractivity contribution in [2.75, 3.05) is 0 Å². The first-order valence-electron chi connectivity index (χ1n) is 6.15. The minimum atomic E-state index is -1.05. The lowest BCUT2D eigenvalue weighted by molar-refractivity contribution is 0.0696. The van der Waals surface area contributed by atoms with Crippen LogP contribution in [0.25, 0.3) is 0 Å². The molecular weight excluding hydrogens is 304 g/mol. The first-order valence-corrected chi connectivity index (χ1v) is 7.54. The summed E-state index contributed by atoms with van der Waals surface area (Å²) in [6, 6.07) is 14.2. The molecule has 21 heavy (non-hydrogen) atoms. The van der Waals surface area contributed by atoms with Gasteiger partial charge in [-0.15, -0.1) is 11.8 Å². The van der Waals surface area contributed by atoms with Crippen LogP contribution in [0.3, 0.4) is 0 Å². The summed E-state index contributed by atoms with van der Waals surface area (Å²) >= 11 is 6.79. The van der Waals surface area contributed by atoms with Crippen molar-refractivity contribution in [1.29, 1.82) is 0 Å². The molecule has 0 saturated heterocycles. The van der Waals surface area contributed by atoms with Gasteiger partial charge in [-0.1, -0.05) is 42.5 Å². The number of carboxylic acids is 1. The number of carbonyl (C=O) groups is 2. The van der Waals surface area contributed by atoms with Gasteiger partial charge in [-0.25, -0.2) is 4.79 Å². The lowest BCUT2D eigenvalue weighted by Crippen LogP contribution is -2.00. The highest BCUT2D eigenvalue weighted by atomic mass is 32.2. The summed E-state index contributed by atoms with van der Waals surface area (Å²) < 4.78 is 0.740. The van der Waals surface area contributed by atoms with Crippen LogP contribution in [-0.2, 0) is 5.75 Å². The summed E-state index contributed by atoms with van der Waals surface area (Å²) in [5, 5.41) is 9.04. The summed E-state index contributed by atoms with van der Waals surface area (Å²) in [7, 11) is 0. The third-order valence-corrected chi connectivity index (χ3v) is 4.34. The summed E-state index contributed by atoms with van der Waals surface area (Å²) in [6.45, 7) is 0. The summed E-state index contributed by atoms with van der Waals surface area (Å²) in [5.74, 6) is -0.522. The average molecular weight is 316 g/mol. The van der Waals surface area contributed by atoms with Crippen molar-refractivity contribution in [3.63, 3.8) is 0 Å². The van der Waals surface area contributed by atoms with E-state index in [1.165, 1.54) is 17.8 Å². The van der Waals surface area contributed by atoms with Gasteiger partial charge in [0.05, 0.1) is 9.76 Å². The predicted molar refractivity (Wildman–Crippen MR) is 88.2 cm³/mol. The van der Waals surface area contributed by atoms with Crippen LogP contribution in [0.15, 0.2) is 48.5 Å². The molecule has 0 bridgehead atoms. The van der Waals surface area contributed by atoms with E-state index in [0.29, 0.717) is 17.6 Å². The minimum absolute atomic E-state index is 0.112. The molecule has 0 atom stereocenters. The monoisotopic (exact) mass is 316 g/mol. The van der Waals surface area contributed by atoms with E-state index in [0.717, 1.165) is 15.3 Å². The van der Waals surface area contributed by atoms with E-state index in [1.54, 1.807) is 12.1 Å². The maximum atomic E-state index is 11.0. The Kier molecular flexibility index (Phi) is 5.25. The molecule has 0 aromatic heterocycles. The van der Waals surface area contributed by atoms with Crippen molar-refractivity contribution in [3.05, 3.63) is 70.8 Å². The second-order valence-electron chi connectivity index (χ2n) is 4.33. The second kappa shape index (κ2) is 7.15. The quantitative estimate of drug-likeness (QED) is 0.671. The van der Waals surface area contributed by atoms with Gasteiger partial charge in [0.1, 0.15) is 6.29 Å². The van der Waals surface area contributed by atoms with E-state index < -0.39 is 5.97 Å². The zero-order chi connectivity index (χ0) is 15.2. The molecule has 0 amide bonds. The molecule has 2 aromatic rings. The number of rotatable bonds is 5. The first kappa shape index (κ1) is 15.4. The Bertz CT molecular complexity index is 681. The summed E-state index contributed by atoms with van der Waals surface area (Å²) in [4.78, 5) is 21.9. The molecule has 0 radical (unpaired) electrons. The summed E-state index contributed by atoms with van der Waals surface area (Å²) in [5.41, 5.74) is 2.19. The van der Waals surface area contributed by atoms with Crippen LogP contribution in [0.4, 0.5) is 0 Å². The molecular formula is C16H12O3S2. The molecule has 0 aliphatic rings. The topological polar surface area (TPSA) is 54.4 Å². The molecule has 0 saturated carbocycles. The van der Waals surface area contributed by atoms with Gasteiger partial charge >= 0.3 is 5.97 Å². The van der Waals surface area contributed by atoms with Crippen molar-refractivity contribution in [3.8, 4) is 0 Å². The number of aldehydes is 1. The maximum Gasteiger partial charge on any atom is 0.335 e. The molecule has 0 spiro atoms. The fourth-order valence-electron chi connectivity index (χ4n) is 1.80. The minimum Gasteiger partial charge on any atom is -0.478 e. The highest BCUT2D eigenvalue weighted by molar-refractivity contribution is 8.23. The van der Waals surface area contributed by atoms with Gasteiger partial charge in [-0.05, 0) is 29.3 Å². The molecule has 0 aliphatic carbocycles. The summed E-state index contributed by atoms with van der Waals surface area (Å²) in [6.07, 6.45) is 0.649. The highest BCUT2D eigenvalue weighted by Gasteiger charge is 2.08. The number of benzene rings is 2. The van der Waals surface area contributed by atoms with Crippen LogP contribution >= 0.6 is 24.0 Å². The van der Waals surface area contributed by atoms with Gasteiger partial charge in [0.15, 0.2) is 0 Å². The van der Waals surface area contributed by atoms with Crippen LogP contribution < -0.4 is 0 Å². The third-order valence-electron chi connectivity index (χ3n) is 2.78. The van der Waals surface area contributed by atoms with E-state index in [2.05, 4.69) is 0 Å². The fraction of sp³-hybridized carbons (Fsp3) is 0.0625. The molecule has 5 heteroatoms. The van der Waals surface area contributed by atoms with Crippen molar-refractivity contribution in [1.82, 2.24) is 0 Å². The molecule has 0 unspecified atom stereocenters. The molecule has 3 nitrogen and oxygen atoms in total. The number of thiocarbonyl (C=S) groups is 1. The number of hydrogen-bond acceptors (Lipinski definition) is 4. The zero-order valence-electron chi connectivity index (χ0n) is 11.0. The Morgan fingerprint density at radius 2 is 1.86 bits per heavy atom. The van der Waals surface area contributed by atoms with Crippen molar-refractivity contribution in [2.45, 2.75) is 5.75 Å². The Morgan fingerprint density at radius 3 is 2.48 bits per heavy atom. The SMILES string of the molecule is O=Cc1cc(CSC(=S)c2ccccc2)cc(C(=O)O)c1. The van der Waals surface area contributed by atoms with Crippen LogP contribution in [0.1, 0.15) is 31.8 Å². The smallest absolute Gasteiger partial charge is 0.335 e. The lowest BCUT2D eigenvalue weighted by atomic mass is 10.1. The standard InChI is InChI=1S/C16H12O3S2/c17-9-11-6-12(8-14(7-11)15(18)19)10-21-16(20)13-4-2-1-3-5-13/h1-9H,10H2,(H,18,19). The van der Waals surface area contributed by atoms with Crippen LogP contribution in [0, 0.1) is 0 Å². The van der Waals surface area contributed by atoms with Gasteiger partial charge in [0.25, 0.3) is 0 Å². The van der Waals surface area contributed by atoms with E-state index in [-0.39, 0.29) is 5.56 Å². The number of carbonyl (C=O) groups excluding carboxylic acids is 1. The van der Waals surface area contributed by atoms with Gasteiger partial charge in [-0.2, -0.15) is 0 Å². The van der Waals surface area contributed by atoms with Gasteiger partial charge in [0.2, 0.25) is 0 Å². The second-order valence-corrected chi connectivity index (χ2v) is 5.98. The Hall–Kier alpha value is -1.98. The first-order chi connectivity index (χ1) is 10.1. The van der Waals surface area contributed by atoms with E-state index >= 15 is 0 Å². The van der Waals surface area contributed by atoms with Gasteiger partial charge in [-0.3, -0.25) is 4.79 Å². The normalized spacial score (nSPS) is 10.1. The van der Waals surface area contributed by atoms with E-state index in [9.17, 15) is 9.59 Å². The molecule has 0 aliphatic heterocycles. The molecule has 2 aromatic carbocycles. The number of aromatic carboxylic acids is 1. The third kappa shape index (κ3) is 4.24. The average Bonchev–Trinajstić information content (AvgIpc) is 2.53. The zero-order valence-corrected chi connectivity index (χ0v) is 12.6. The molecule has 0 heterocycles. The number of thioether (sulfide) groups is 1. The molecule has 2 rings (SSSR count). The van der Waals surface area contributed by atoms with E-state index in [1.807, 2.05) is 30.3 Å². The maximum absolute atomic E-state index is 11.0. The van der Waals surface area contributed by atoms with Crippen molar-refractivity contribution >= 4 is 40.4 Å². The lowest BCUT2D eigenvalue weighted by Gasteiger charge is -2.06. The number of carboxylic acid groups (broad SMARTS) is 1. The highest BCUT2D eigenvalue weighted by Crippen LogP contribution is 2.21. The molecule has 106 valence electrons. The van der Waals surface area contributed by atoms with Gasteiger partial charge < -0.3 is 5.11 Å². The van der Waals surface area contributed by atoms with Crippen molar-refractivity contribution in [2.24, 2.45) is 0 Å². The number of hydrogen-bond donors (Lipinski definition) is 1. The fourth-order valence-corrected chi connectivity index (χ4v) is 2.88. The van der Waals surface area contributed by atoms with Crippen LogP contribution in [0.2, 0.25) is 0 Å². The van der Waals surface area contributed by atoms with Crippen LogP contribution in [-0.4, -0.2) is 21.6 Å². The Balaban J connectivity index is 2.13. The predicted octanol–water partition coefficient (Wildman–Crippen LogP) is 3.81. The molecule has 1 N–H and O–H groups in total. The Morgan fingerprint density at radius 1 is 1.14 bits per heavy atom. The van der Waals surface area contributed by atoms with E-state index in [4.69, 9.17) is 17.3 Å².